The topological polar surface area (TPSA) is 56.7 Å². The Morgan fingerprint density at radius 2 is 1.96 bits per heavy atom. The molecule has 0 bridgehead atoms. The van der Waals surface area contributed by atoms with E-state index < -0.39 is 12.1 Å². The van der Waals surface area contributed by atoms with Crippen LogP contribution >= 0.6 is 0 Å². The minimum Gasteiger partial charge on any atom is -0.508 e. The number of phenols is 1. The number of rotatable bonds is 5. The van der Waals surface area contributed by atoms with Crippen LogP contribution in [0.15, 0.2) is 29.3 Å². The first-order chi connectivity index (χ1) is 11.9. The molecule has 2 atom stereocenters. The molecular weight excluding hydrogens is 331 g/mol. The molecule has 0 aromatic heterocycles. The van der Waals surface area contributed by atoms with E-state index in [1.54, 1.807) is 19.2 Å². The molecule has 7 heteroatoms. The van der Waals surface area contributed by atoms with Gasteiger partial charge in [-0.25, -0.2) is 0 Å². The van der Waals surface area contributed by atoms with Crippen molar-refractivity contribution < 1.29 is 18.3 Å². The van der Waals surface area contributed by atoms with Crippen LogP contribution in [0.3, 0.4) is 0 Å². The molecule has 25 heavy (non-hydrogen) atoms. The van der Waals surface area contributed by atoms with E-state index >= 15 is 0 Å². The number of aryl methyl sites for hydroxylation is 1. The van der Waals surface area contributed by atoms with Gasteiger partial charge in [0.25, 0.3) is 0 Å². The van der Waals surface area contributed by atoms with E-state index in [0.29, 0.717) is 18.9 Å². The molecule has 0 spiro atoms. The quantitative estimate of drug-likeness (QED) is 0.429. The van der Waals surface area contributed by atoms with Gasteiger partial charge in [-0.1, -0.05) is 18.6 Å². The van der Waals surface area contributed by atoms with Gasteiger partial charge in [0.15, 0.2) is 5.96 Å². The van der Waals surface area contributed by atoms with Gasteiger partial charge in [0.05, 0.1) is 5.92 Å². The number of alkyl halides is 3. The second kappa shape index (κ2) is 8.97. The van der Waals surface area contributed by atoms with Crippen LogP contribution in [0.4, 0.5) is 13.2 Å². The Labute approximate surface area is 146 Å². The number of benzene rings is 1. The number of hydrogen-bond acceptors (Lipinski definition) is 2. The summed E-state index contributed by atoms with van der Waals surface area (Å²) >= 11 is 0. The SMILES string of the molecule is CN=C(NCCCc1ccc(O)cc1)NC1CCCC(C(F)(F)F)C1. The number of nitrogens with zero attached hydrogens (tertiary/aromatic N) is 1. The monoisotopic (exact) mass is 357 g/mol. The first kappa shape index (κ1) is 19.4. The molecule has 3 N–H and O–H groups in total. The minimum absolute atomic E-state index is 0.109. The lowest BCUT2D eigenvalue weighted by Crippen LogP contribution is -2.47. The molecule has 1 fully saturated rings. The molecule has 0 radical (unpaired) electrons. The number of hydrogen-bond donors (Lipinski definition) is 3. The third-order valence-corrected chi connectivity index (χ3v) is 4.57. The zero-order valence-electron chi connectivity index (χ0n) is 14.4. The first-order valence-corrected chi connectivity index (χ1v) is 8.70. The van der Waals surface area contributed by atoms with E-state index in [2.05, 4.69) is 15.6 Å². The Morgan fingerprint density at radius 1 is 1.24 bits per heavy atom. The van der Waals surface area contributed by atoms with Gasteiger partial charge < -0.3 is 15.7 Å². The number of phenolic OH excluding ortho intramolecular Hbond substituents is 1. The molecule has 0 saturated heterocycles. The van der Waals surface area contributed by atoms with Gasteiger partial charge in [-0.15, -0.1) is 0 Å². The summed E-state index contributed by atoms with van der Waals surface area (Å²) in [6, 6.07) is 6.87. The summed E-state index contributed by atoms with van der Waals surface area (Å²) in [7, 11) is 1.62. The van der Waals surface area contributed by atoms with Gasteiger partial charge in [-0.05, 0) is 49.8 Å². The van der Waals surface area contributed by atoms with Gasteiger partial charge >= 0.3 is 6.18 Å². The van der Waals surface area contributed by atoms with Crippen molar-refractivity contribution in [2.24, 2.45) is 10.9 Å². The van der Waals surface area contributed by atoms with E-state index in [4.69, 9.17) is 0 Å². The minimum atomic E-state index is -4.11. The summed E-state index contributed by atoms with van der Waals surface area (Å²) in [6.07, 6.45) is -0.745. The Morgan fingerprint density at radius 3 is 2.60 bits per heavy atom. The van der Waals surface area contributed by atoms with Crippen LogP contribution in [0, 0.1) is 5.92 Å². The summed E-state index contributed by atoms with van der Waals surface area (Å²) in [4.78, 5) is 4.11. The lowest BCUT2D eigenvalue weighted by molar-refractivity contribution is -0.183. The van der Waals surface area contributed by atoms with Crippen molar-refractivity contribution in [3.8, 4) is 5.75 Å². The van der Waals surface area contributed by atoms with E-state index in [0.717, 1.165) is 24.8 Å². The van der Waals surface area contributed by atoms with Crippen LogP contribution < -0.4 is 10.6 Å². The number of aromatic hydroxyl groups is 1. The molecule has 1 aromatic rings. The van der Waals surface area contributed by atoms with Crippen molar-refractivity contribution >= 4 is 5.96 Å². The summed E-state index contributed by atoms with van der Waals surface area (Å²) < 4.78 is 38.6. The largest absolute Gasteiger partial charge is 0.508 e. The molecule has 1 saturated carbocycles. The molecule has 0 aliphatic heterocycles. The van der Waals surface area contributed by atoms with Crippen LogP contribution in [0.1, 0.15) is 37.7 Å². The third kappa shape index (κ3) is 6.48. The maximum atomic E-state index is 12.9. The zero-order valence-corrected chi connectivity index (χ0v) is 14.4. The Balaban J connectivity index is 1.72. The Bertz CT molecular complexity index is 558. The predicted octanol–water partition coefficient (Wildman–Crippen LogP) is 3.61. The fourth-order valence-electron chi connectivity index (χ4n) is 3.17. The highest BCUT2D eigenvalue weighted by atomic mass is 19.4. The van der Waals surface area contributed by atoms with Gasteiger partial charge in [0.1, 0.15) is 5.75 Å². The fourth-order valence-corrected chi connectivity index (χ4v) is 3.17. The summed E-state index contributed by atoms with van der Waals surface area (Å²) in [5, 5.41) is 15.5. The molecule has 2 rings (SSSR count). The van der Waals surface area contributed by atoms with E-state index in [9.17, 15) is 18.3 Å². The summed E-state index contributed by atoms with van der Waals surface area (Å²) in [5.74, 6) is -0.416. The molecular formula is C18H26F3N3O. The highest BCUT2D eigenvalue weighted by molar-refractivity contribution is 5.79. The molecule has 0 amide bonds. The van der Waals surface area contributed by atoms with Gasteiger partial charge in [0.2, 0.25) is 0 Å². The second-order valence-corrected chi connectivity index (χ2v) is 6.52. The molecule has 0 heterocycles. The van der Waals surface area contributed by atoms with Crippen LogP contribution in [-0.4, -0.2) is 36.9 Å². The fraction of sp³-hybridized carbons (Fsp3) is 0.611. The highest BCUT2D eigenvalue weighted by Crippen LogP contribution is 2.37. The Kier molecular flexibility index (Phi) is 6.96. The smallest absolute Gasteiger partial charge is 0.391 e. The summed E-state index contributed by atoms with van der Waals surface area (Å²) in [6.45, 7) is 0.677. The number of aliphatic imine (C=N–C) groups is 1. The van der Waals surface area contributed by atoms with Crippen LogP contribution in [0.25, 0.3) is 0 Å². The van der Waals surface area contributed by atoms with E-state index in [-0.39, 0.29) is 24.6 Å². The van der Waals surface area contributed by atoms with E-state index in [1.165, 1.54) is 0 Å². The molecule has 4 nitrogen and oxygen atoms in total. The standard InChI is InChI=1S/C18H26F3N3O/c1-22-17(23-11-3-4-13-7-9-16(25)10-8-13)24-15-6-2-5-14(12-15)18(19,20)21/h7-10,14-15,25H,2-6,11-12H2,1H3,(H2,22,23,24). The van der Waals surface area contributed by atoms with Crippen molar-refractivity contribution in [3.63, 3.8) is 0 Å². The zero-order chi connectivity index (χ0) is 18.3. The van der Waals surface area contributed by atoms with Gasteiger partial charge in [-0.3, -0.25) is 4.99 Å². The molecule has 1 aliphatic carbocycles. The predicted molar refractivity (Wildman–Crippen MR) is 92.7 cm³/mol. The lowest BCUT2D eigenvalue weighted by Gasteiger charge is -2.31. The molecule has 2 unspecified atom stereocenters. The van der Waals surface area contributed by atoms with Crippen molar-refractivity contribution in [3.05, 3.63) is 29.8 Å². The summed E-state index contributed by atoms with van der Waals surface area (Å²) in [5.41, 5.74) is 1.13. The van der Waals surface area contributed by atoms with Crippen molar-refractivity contribution in [1.82, 2.24) is 10.6 Å². The maximum absolute atomic E-state index is 12.9. The number of guanidine groups is 1. The first-order valence-electron chi connectivity index (χ1n) is 8.70. The van der Waals surface area contributed by atoms with Crippen LogP contribution in [0.5, 0.6) is 5.75 Å². The highest BCUT2D eigenvalue weighted by Gasteiger charge is 2.42. The Hall–Kier alpha value is -1.92. The van der Waals surface area contributed by atoms with Gasteiger partial charge in [0, 0.05) is 19.6 Å². The molecule has 140 valence electrons. The van der Waals surface area contributed by atoms with Crippen LogP contribution in [0.2, 0.25) is 0 Å². The average Bonchev–Trinajstić information content (AvgIpc) is 2.58. The third-order valence-electron chi connectivity index (χ3n) is 4.57. The van der Waals surface area contributed by atoms with Crippen LogP contribution in [-0.2, 0) is 6.42 Å². The van der Waals surface area contributed by atoms with Crippen molar-refractivity contribution in [2.45, 2.75) is 50.7 Å². The lowest BCUT2D eigenvalue weighted by atomic mass is 9.85. The average molecular weight is 357 g/mol. The molecule has 1 aliphatic rings. The normalized spacial score (nSPS) is 21.8. The second-order valence-electron chi connectivity index (χ2n) is 6.52. The maximum Gasteiger partial charge on any atom is 0.391 e. The van der Waals surface area contributed by atoms with Gasteiger partial charge in [-0.2, -0.15) is 13.2 Å². The van der Waals surface area contributed by atoms with Crippen molar-refractivity contribution in [2.75, 3.05) is 13.6 Å². The number of nitrogens with one attached hydrogen (secondary N) is 2. The molecule has 1 aromatic carbocycles. The number of halogens is 3. The van der Waals surface area contributed by atoms with Crippen molar-refractivity contribution in [1.29, 1.82) is 0 Å². The van der Waals surface area contributed by atoms with E-state index in [1.807, 2.05) is 12.1 Å².